The number of anilines is 1. The van der Waals surface area contributed by atoms with Gasteiger partial charge in [0.05, 0.1) is 11.9 Å². The fourth-order valence-corrected chi connectivity index (χ4v) is 6.58. The molecule has 2 amide bonds. The van der Waals surface area contributed by atoms with E-state index in [0.717, 1.165) is 24.7 Å². The zero-order valence-corrected chi connectivity index (χ0v) is 27.8. The number of benzene rings is 3. The Kier molecular flexibility index (Phi) is 12.4. The molecule has 242 valence electrons. The highest BCUT2D eigenvalue weighted by atomic mass is 35.5. The zero-order chi connectivity index (χ0) is 32.4. The van der Waals surface area contributed by atoms with E-state index in [2.05, 4.69) is 5.32 Å². The molecule has 1 N–H and O–H groups in total. The molecule has 0 saturated heterocycles. The average molecular weight is 677 g/mol. The van der Waals surface area contributed by atoms with Crippen molar-refractivity contribution < 1.29 is 27.5 Å². The van der Waals surface area contributed by atoms with E-state index in [0.29, 0.717) is 52.6 Å². The van der Waals surface area contributed by atoms with Gasteiger partial charge in [-0.1, -0.05) is 72.9 Å². The summed E-state index contributed by atoms with van der Waals surface area (Å²) in [4.78, 5) is 29.2. The number of hydrogen-bond donors (Lipinski definition) is 1. The number of hydrogen-bond acceptors (Lipinski definition) is 6. The molecule has 1 aliphatic heterocycles. The standard InChI is InChI=1S/C33H39Cl2N3O6S/c1-3-4-17-36-33(40)29(21-24-10-6-5-7-11-24)37(23-26-27(34)12-8-13-28(26)35)32(39)14-9-18-38(45(2,41)42)25-15-16-30-31(22-25)44-20-19-43-30/h5-8,10-13,15-16,22,29H,3-4,9,14,17-21,23H2,1-2H3,(H,36,40)/t29-/m0/s1. The highest BCUT2D eigenvalue weighted by molar-refractivity contribution is 7.92. The highest BCUT2D eigenvalue weighted by Crippen LogP contribution is 2.35. The van der Waals surface area contributed by atoms with Crippen molar-refractivity contribution in [3.05, 3.63) is 87.9 Å². The molecule has 0 aliphatic carbocycles. The maximum absolute atomic E-state index is 14.1. The third-order valence-corrected chi connectivity index (χ3v) is 9.36. The number of carbonyl (C=O) groups excluding carboxylic acids is 2. The second-order valence-corrected chi connectivity index (χ2v) is 13.6. The highest BCUT2D eigenvalue weighted by Gasteiger charge is 2.31. The summed E-state index contributed by atoms with van der Waals surface area (Å²) >= 11 is 13.0. The molecular weight excluding hydrogens is 637 g/mol. The predicted octanol–water partition coefficient (Wildman–Crippen LogP) is 5.87. The van der Waals surface area contributed by atoms with Crippen LogP contribution in [0.4, 0.5) is 5.69 Å². The predicted molar refractivity (Wildman–Crippen MR) is 178 cm³/mol. The van der Waals surface area contributed by atoms with E-state index in [1.54, 1.807) is 36.4 Å². The maximum atomic E-state index is 14.1. The molecule has 0 saturated carbocycles. The Morgan fingerprint density at radius 3 is 2.29 bits per heavy atom. The normalized spacial score (nSPS) is 13.2. The molecule has 12 heteroatoms. The number of halogens is 2. The zero-order valence-electron chi connectivity index (χ0n) is 25.5. The molecule has 1 atom stereocenters. The van der Waals surface area contributed by atoms with Gasteiger partial charge in [-0.05, 0) is 42.7 Å². The SMILES string of the molecule is CCCCNC(=O)[C@H](Cc1ccccc1)N(Cc1c(Cl)cccc1Cl)C(=O)CCCN(c1ccc2c(c1)OCCO2)S(C)(=O)=O. The number of sulfonamides is 1. The molecule has 0 fully saturated rings. The number of amides is 2. The smallest absolute Gasteiger partial charge is 0.243 e. The van der Waals surface area contributed by atoms with Crippen LogP contribution in [-0.4, -0.2) is 63.7 Å². The van der Waals surface area contributed by atoms with Gasteiger partial charge in [0.25, 0.3) is 0 Å². The fourth-order valence-electron chi connectivity index (χ4n) is 5.10. The number of rotatable bonds is 15. The van der Waals surface area contributed by atoms with Gasteiger partial charge < -0.3 is 19.7 Å². The Morgan fingerprint density at radius 1 is 0.933 bits per heavy atom. The van der Waals surface area contributed by atoms with E-state index in [1.807, 2.05) is 37.3 Å². The molecule has 0 unspecified atom stereocenters. The molecule has 45 heavy (non-hydrogen) atoms. The van der Waals surface area contributed by atoms with Crippen LogP contribution < -0.4 is 19.1 Å². The topological polar surface area (TPSA) is 105 Å². The quantitative estimate of drug-likeness (QED) is 0.202. The lowest BCUT2D eigenvalue weighted by molar-refractivity contribution is -0.141. The maximum Gasteiger partial charge on any atom is 0.243 e. The lowest BCUT2D eigenvalue weighted by Gasteiger charge is -2.32. The van der Waals surface area contributed by atoms with Crippen molar-refractivity contribution in [3.8, 4) is 11.5 Å². The molecule has 0 radical (unpaired) electrons. The molecular formula is C33H39Cl2N3O6S. The van der Waals surface area contributed by atoms with Crippen molar-refractivity contribution in [3.63, 3.8) is 0 Å². The van der Waals surface area contributed by atoms with Crippen LogP contribution in [-0.2, 0) is 32.6 Å². The summed E-state index contributed by atoms with van der Waals surface area (Å²) in [7, 11) is -3.69. The van der Waals surface area contributed by atoms with Crippen LogP contribution >= 0.6 is 23.2 Å². The van der Waals surface area contributed by atoms with Gasteiger partial charge in [-0.25, -0.2) is 8.42 Å². The Morgan fingerprint density at radius 2 is 1.62 bits per heavy atom. The first-order chi connectivity index (χ1) is 21.6. The first-order valence-corrected chi connectivity index (χ1v) is 17.6. The second-order valence-electron chi connectivity index (χ2n) is 10.8. The third-order valence-electron chi connectivity index (χ3n) is 7.46. The van der Waals surface area contributed by atoms with E-state index in [1.165, 1.54) is 9.21 Å². The lowest BCUT2D eigenvalue weighted by Crippen LogP contribution is -2.50. The van der Waals surface area contributed by atoms with Crippen molar-refractivity contribution in [2.45, 2.75) is 51.6 Å². The van der Waals surface area contributed by atoms with Crippen molar-refractivity contribution in [2.75, 3.05) is 36.9 Å². The average Bonchev–Trinajstić information content (AvgIpc) is 3.02. The molecule has 1 heterocycles. The molecule has 0 spiro atoms. The lowest BCUT2D eigenvalue weighted by atomic mass is 10.0. The van der Waals surface area contributed by atoms with E-state index in [4.69, 9.17) is 32.7 Å². The molecule has 4 rings (SSSR count). The van der Waals surface area contributed by atoms with Gasteiger partial charge in [-0.15, -0.1) is 0 Å². The summed E-state index contributed by atoms with van der Waals surface area (Å²) in [5.41, 5.74) is 1.83. The number of nitrogens with one attached hydrogen (secondary N) is 1. The van der Waals surface area contributed by atoms with Gasteiger partial charge in [0.15, 0.2) is 11.5 Å². The molecule has 0 bridgehead atoms. The number of fused-ring (bicyclic) bond motifs is 1. The van der Waals surface area contributed by atoms with E-state index in [-0.39, 0.29) is 44.2 Å². The van der Waals surface area contributed by atoms with Crippen LogP contribution in [0.15, 0.2) is 66.7 Å². The van der Waals surface area contributed by atoms with Crippen molar-refractivity contribution in [2.24, 2.45) is 0 Å². The molecule has 3 aromatic rings. The van der Waals surface area contributed by atoms with Crippen LogP contribution in [0.2, 0.25) is 10.0 Å². The van der Waals surface area contributed by atoms with Crippen LogP contribution in [0.3, 0.4) is 0 Å². The second kappa shape index (κ2) is 16.2. The van der Waals surface area contributed by atoms with Gasteiger partial charge in [0.1, 0.15) is 19.3 Å². The largest absolute Gasteiger partial charge is 0.486 e. The summed E-state index contributed by atoms with van der Waals surface area (Å²) in [6.07, 6.45) is 3.28. The summed E-state index contributed by atoms with van der Waals surface area (Å²) in [5.74, 6) is 0.402. The van der Waals surface area contributed by atoms with Gasteiger partial charge in [-0.3, -0.25) is 13.9 Å². The van der Waals surface area contributed by atoms with Crippen LogP contribution in [0.1, 0.15) is 43.7 Å². The van der Waals surface area contributed by atoms with Crippen molar-refractivity contribution >= 4 is 50.7 Å². The third kappa shape index (κ3) is 9.51. The Labute approximate surface area is 275 Å². The summed E-state index contributed by atoms with van der Waals surface area (Å²) in [6.45, 7) is 3.35. The minimum Gasteiger partial charge on any atom is -0.486 e. The fraction of sp³-hybridized carbons (Fsp3) is 0.394. The summed E-state index contributed by atoms with van der Waals surface area (Å²) in [5, 5.41) is 3.75. The number of nitrogens with zero attached hydrogens (tertiary/aromatic N) is 2. The Hall–Kier alpha value is -3.47. The van der Waals surface area contributed by atoms with Crippen molar-refractivity contribution in [1.82, 2.24) is 10.2 Å². The van der Waals surface area contributed by atoms with E-state index >= 15 is 0 Å². The number of ether oxygens (including phenoxy) is 2. The molecule has 9 nitrogen and oxygen atoms in total. The number of unbranched alkanes of at least 4 members (excludes halogenated alkanes) is 1. The minimum absolute atomic E-state index is 0.00793. The molecule has 3 aromatic carbocycles. The number of carbonyl (C=O) groups is 2. The Bertz CT molecular complexity index is 1550. The monoisotopic (exact) mass is 675 g/mol. The van der Waals surface area contributed by atoms with Crippen molar-refractivity contribution in [1.29, 1.82) is 0 Å². The van der Waals surface area contributed by atoms with Gasteiger partial charge in [-0.2, -0.15) is 0 Å². The minimum atomic E-state index is -3.69. The summed E-state index contributed by atoms with van der Waals surface area (Å²) < 4.78 is 38.1. The Balaban J connectivity index is 1.60. The van der Waals surface area contributed by atoms with Gasteiger partial charge in [0.2, 0.25) is 21.8 Å². The molecule has 0 aromatic heterocycles. The first-order valence-electron chi connectivity index (χ1n) is 15.0. The van der Waals surface area contributed by atoms with E-state index in [9.17, 15) is 18.0 Å². The van der Waals surface area contributed by atoms with Gasteiger partial charge in [0, 0.05) is 54.2 Å². The van der Waals surface area contributed by atoms with Crippen LogP contribution in [0.25, 0.3) is 0 Å². The first kappa shape index (κ1) is 34.4. The summed E-state index contributed by atoms with van der Waals surface area (Å²) in [6, 6.07) is 18.7. The van der Waals surface area contributed by atoms with Crippen LogP contribution in [0, 0.1) is 0 Å². The molecule has 1 aliphatic rings. The van der Waals surface area contributed by atoms with E-state index < -0.39 is 16.1 Å². The van der Waals surface area contributed by atoms with Gasteiger partial charge >= 0.3 is 0 Å². The van der Waals surface area contributed by atoms with Crippen LogP contribution in [0.5, 0.6) is 11.5 Å².